The van der Waals surface area contributed by atoms with Crippen LogP contribution in [0, 0.1) is 0 Å². The fourth-order valence-corrected chi connectivity index (χ4v) is 1.41. The first-order valence-corrected chi connectivity index (χ1v) is 5.50. The molecule has 0 spiro atoms. The summed E-state index contributed by atoms with van der Waals surface area (Å²) in [7, 11) is 1.48. The standard InChI is InChI=1S/C12H17N3O3/c1-8(16)14-5-6-15-12(17)10-4-3-9(13)7-11(10)18-2/h3-4,7H,5-6,13H2,1-2H3,(H,14,16)(H,15,17). The van der Waals surface area contributed by atoms with Gasteiger partial charge in [0.1, 0.15) is 5.75 Å². The topological polar surface area (TPSA) is 93.4 Å². The second-order valence-electron chi connectivity index (χ2n) is 3.70. The van der Waals surface area contributed by atoms with E-state index in [0.29, 0.717) is 30.1 Å². The summed E-state index contributed by atoms with van der Waals surface area (Å²) in [6, 6.07) is 4.82. The SMILES string of the molecule is COc1cc(N)ccc1C(=O)NCCNC(C)=O. The molecule has 1 aromatic rings. The molecule has 0 heterocycles. The van der Waals surface area contributed by atoms with E-state index in [1.807, 2.05) is 0 Å². The Labute approximate surface area is 105 Å². The third-order valence-corrected chi connectivity index (χ3v) is 2.25. The van der Waals surface area contributed by atoms with E-state index in [9.17, 15) is 9.59 Å². The molecule has 0 aliphatic rings. The van der Waals surface area contributed by atoms with Crippen molar-refractivity contribution in [2.45, 2.75) is 6.92 Å². The Morgan fingerprint density at radius 3 is 2.56 bits per heavy atom. The van der Waals surface area contributed by atoms with Crippen molar-refractivity contribution >= 4 is 17.5 Å². The van der Waals surface area contributed by atoms with Crippen molar-refractivity contribution < 1.29 is 14.3 Å². The van der Waals surface area contributed by atoms with Crippen LogP contribution < -0.4 is 21.1 Å². The number of benzene rings is 1. The van der Waals surface area contributed by atoms with Crippen LogP contribution in [0.5, 0.6) is 5.75 Å². The summed E-state index contributed by atoms with van der Waals surface area (Å²) in [6.07, 6.45) is 0. The molecule has 1 aromatic carbocycles. The first kappa shape index (κ1) is 13.8. The first-order valence-electron chi connectivity index (χ1n) is 5.50. The van der Waals surface area contributed by atoms with E-state index in [4.69, 9.17) is 10.5 Å². The van der Waals surface area contributed by atoms with Crippen molar-refractivity contribution in [2.75, 3.05) is 25.9 Å². The molecule has 4 N–H and O–H groups in total. The number of hydrogen-bond acceptors (Lipinski definition) is 4. The Morgan fingerprint density at radius 1 is 1.28 bits per heavy atom. The predicted molar refractivity (Wildman–Crippen MR) is 68.4 cm³/mol. The number of carbonyl (C=O) groups is 2. The quantitative estimate of drug-likeness (QED) is 0.512. The van der Waals surface area contributed by atoms with Crippen LogP contribution in [0.25, 0.3) is 0 Å². The fraction of sp³-hybridized carbons (Fsp3) is 0.333. The average molecular weight is 251 g/mol. The zero-order valence-electron chi connectivity index (χ0n) is 10.4. The van der Waals surface area contributed by atoms with Gasteiger partial charge in [0.05, 0.1) is 12.7 Å². The molecule has 6 heteroatoms. The van der Waals surface area contributed by atoms with E-state index >= 15 is 0 Å². The number of nitrogen functional groups attached to an aromatic ring is 1. The van der Waals surface area contributed by atoms with Gasteiger partial charge in [0.15, 0.2) is 0 Å². The van der Waals surface area contributed by atoms with Crippen LogP contribution in [-0.2, 0) is 4.79 Å². The minimum Gasteiger partial charge on any atom is -0.496 e. The van der Waals surface area contributed by atoms with Gasteiger partial charge >= 0.3 is 0 Å². The minimum absolute atomic E-state index is 0.130. The Hall–Kier alpha value is -2.24. The third kappa shape index (κ3) is 3.97. The normalized spacial score (nSPS) is 9.67. The minimum atomic E-state index is -0.266. The van der Waals surface area contributed by atoms with Crippen LogP contribution in [0.3, 0.4) is 0 Å². The van der Waals surface area contributed by atoms with Crippen LogP contribution in [0.4, 0.5) is 5.69 Å². The highest BCUT2D eigenvalue weighted by atomic mass is 16.5. The molecule has 1 rings (SSSR count). The van der Waals surface area contributed by atoms with E-state index in [-0.39, 0.29) is 11.8 Å². The van der Waals surface area contributed by atoms with E-state index in [1.54, 1.807) is 18.2 Å². The zero-order valence-corrected chi connectivity index (χ0v) is 10.4. The summed E-state index contributed by atoms with van der Waals surface area (Å²) in [5.74, 6) is 0.0264. The van der Waals surface area contributed by atoms with Gasteiger partial charge in [0, 0.05) is 31.8 Å². The molecule has 0 bridgehead atoms. The molecule has 0 aliphatic heterocycles. The molecule has 98 valence electrons. The number of anilines is 1. The summed E-state index contributed by atoms with van der Waals surface area (Å²) in [5.41, 5.74) is 6.54. The average Bonchev–Trinajstić information content (AvgIpc) is 2.33. The van der Waals surface area contributed by atoms with E-state index in [2.05, 4.69) is 10.6 Å². The molecule has 6 nitrogen and oxygen atoms in total. The second-order valence-corrected chi connectivity index (χ2v) is 3.70. The number of amides is 2. The van der Waals surface area contributed by atoms with Crippen molar-refractivity contribution in [1.82, 2.24) is 10.6 Å². The van der Waals surface area contributed by atoms with Gasteiger partial charge in [-0.2, -0.15) is 0 Å². The number of hydrogen-bond donors (Lipinski definition) is 3. The Morgan fingerprint density at radius 2 is 1.94 bits per heavy atom. The molecule has 18 heavy (non-hydrogen) atoms. The Bertz CT molecular complexity index is 446. The maximum Gasteiger partial charge on any atom is 0.255 e. The molecule has 0 saturated carbocycles. The number of rotatable bonds is 5. The van der Waals surface area contributed by atoms with Gasteiger partial charge < -0.3 is 21.1 Å². The summed E-state index contributed by atoms with van der Waals surface area (Å²) in [6.45, 7) is 2.16. The van der Waals surface area contributed by atoms with Crippen molar-refractivity contribution in [3.8, 4) is 5.75 Å². The Balaban J connectivity index is 2.58. The summed E-state index contributed by atoms with van der Waals surface area (Å²) >= 11 is 0. The lowest BCUT2D eigenvalue weighted by Gasteiger charge is -2.10. The molecule has 0 atom stereocenters. The van der Waals surface area contributed by atoms with Gasteiger partial charge in [0.25, 0.3) is 5.91 Å². The highest BCUT2D eigenvalue weighted by molar-refractivity contribution is 5.97. The Kier molecular flexibility index (Phi) is 4.98. The molecule has 0 saturated heterocycles. The van der Waals surface area contributed by atoms with E-state index in [1.165, 1.54) is 14.0 Å². The van der Waals surface area contributed by atoms with E-state index < -0.39 is 0 Å². The number of carbonyl (C=O) groups excluding carboxylic acids is 2. The number of methoxy groups -OCH3 is 1. The molecule has 0 aliphatic carbocycles. The third-order valence-electron chi connectivity index (χ3n) is 2.25. The van der Waals surface area contributed by atoms with Gasteiger partial charge in [-0.3, -0.25) is 9.59 Å². The molecule has 2 amide bonds. The lowest BCUT2D eigenvalue weighted by molar-refractivity contribution is -0.118. The maximum atomic E-state index is 11.8. The van der Waals surface area contributed by atoms with Crippen LogP contribution in [0.15, 0.2) is 18.2 Å². The highest BCUT2D eigenvalue weighted by Gasteiger charge is 2.11. The van der Waals surface area contributed by atoms with Crippen LogP contribution >= 0.6 is 0 Å². The molecule has 0 unspecified atom stereocenters. The summed E-state index contributed by atoms with van der Waals surface area (Å²) in [5, 5.41) is 5.26. The lowest BCUT2D eigenvalue weighted by Crippen LogP contribution is -2.33. The lowest BCUT2D eigenvalue weighted by atomic mass is 10.1. The van der Waals surface area contributed by atoms with Gasteiger partial charge in [0.2, 0.25) is 5.91 Å². The second kappa shape index (κ2) is 6.48. The number of ether oxygens (including phenoxy) is 1. The van der Waals surface area contributed by atoms with Gasteiger partial charge in [-0.15, -0.1) is 0 Å². The molecular formula is C12H17N3O3. The summed E-state index contributed by atoms with van der Waals surface area (Å²) in [4.78, 5) is 22.5. The monoisotopic (exact) mass is 251 g/mol. The highest BCUT2D eigenvalue weighted by Crippen LogP contribution is 2.21. The van der Waals surface area contributed by atoms with Gasteiger partial charge in [-0.05, 0) is 12.1 Å². The van der Waals surface area contributed by atoms with Crippen molar-refractivity contribution in [2.24, 2.45) is 0 Å². The zero-order chi connectivity index (χ0) is 13.5. The smallest absolute Gasteiger partial charge is 0.255 e. The predicted octanol–water partition coefficient (Wildman–Crippen LogP) is 0.143. The molecule has 0 radical (unpaired) electrons. The van der Waals surface area contributed by atoms with E-state index in [0.717, 1.165) is 0 Å². The first-order chi connectivity index (χ1) is 8.54. The van der Waals surface area contributed by atoms with Crippen molar-refractivity contribution in [3.05, 3.63) is 23.8 Å². The van der Waals surface area contributed by atoms with Gasteiger partial charge in [-0.1, -0.05) is 0 Å². The number of nitrogens with one attached hydrogen (secondary N) is 2. The summed E-state index contributed by atoms with van der Waals surface area (Å²) < 4.78 is 5.08. The molecular weight excluding hydrogens is 234 g/mol. The molecule has 0 aromatic heterocycles. The van der Waals surface area contributed by atoms with Gasteiger partial charge in [-0.25, -0.2) is 0 Å². The fourth-order valence-electron chi connectivity index (χ4n) is 1.41. The van der Waals surface area contributed by atoms with Crippen molar-refractivity contribution in [3.63, 3.8) is 0 Å². The van der Waals surface area contributed by atoms with Crippen molar-refractivity contribution in [1.29, 1.82) is 0 Å². The number of nitrogens with two attached hydrogens (primary N) is 1. The largest absolute Gasteiger partial charge is 0.496 e. The molecule has 0 fully saturated rings. The van der Waals surface area contributed by atoms with Crippen LogP contribution in [-0.4, -0.2) is 32.0 Å². The van der Waals surface area contributed by atoms with Crippen LogP contribution in [0.2, 0.25) is 0 Å². The maximum absolute atomic E-state index is 11.8. The van der Waals surface area contributed by atoms with Crippen LogP contribution in [0.1, 0.15) is 17.3 Å².